The molecule has 1 aliphatic heterocycles. The number of unbranched alkanes of at least 4 members (excludes halogenated alkanes) is 1. The highest BCUT2D eigenvalue weighted by Gasteiger charge is 2.30. The molecule has 1 saturated heterocycles. The molecule has 0 aromatic heterocycles. The quantitative estimate of drug-likeness (QED) is 0.502. The van der Waals surface area contributed by atoms with E-state index in [1.165, 1.54) is 0 Å². The smallest absolute Gasteiger partial charge is 0.240 e. The van der Waals surface area contributed by atoms with Crippen LogP contribution in [0, 0.1) is 0 Å². The number of hydrogen-bond donors (Lipinski definition) is 2. The lowest BCUT2D eigenvalue weighted by atomic mass is 10.1. The standard InChI is InChI=1S/C14H27N3O2/c1-11(2)16-8-4-3-7-13(15)14(19)17-9-5-6-12(17)10-18/h10-13,16H,3-9,15H2,1-2H3/t12-,13-/m0/s1. The van der Waals surface area contributed by atoms with E-state index in [0.717, 1.165) is 38.5 Å². The summed E-state index contributed by atoms with van der Waals surface area (Å²) in [5.74, 6) is -0.0635. The number of hydrogen-bond acceptors (Lipinski definition) is 4. The molecular formula is C14H27N3O2. The first-order valence-corrected chi connectivity index (χ1v) is 7.31. The molecule has 1 fully saturated rings. The van der Waals surface area contributed by atoms with E-state index in [0.29, 0.717) is 19.0 Å². The Bertz CT molecular complexity index is 294. The van der Waals surface area contributed by atoms with Gasteiger partial charge in [-0.1, -0.05) is 20.3 Å². The van der Waals surface area contributed by atoms with Gasteiger partial charge in [0, 0.05) is 12.6 Å². The van der Waals surface area contributed by atoms with Crippen molar-refractivity contribution in [2.75, 3.05) is 13.1 Å². The molecule has 0 saturated carbocycles. The molecule has 0 bridgehead atoms. The topological polar surface area (TPSA) is 75.4 Å². The molecule has 1 heterocycles. The van der Waals surface area contributed by atoms with E-state index in [1.54, 1.807) is 4.90 Å². The largest absolute Gasteiger partial charge is 0.332 e. The summed E-state index contributed by atoms with van der Waals surface area (Å²) in [6.45, 7) is 5.86. The monoisotopic (exact) mass is 269 g/mol. The van der Waals surface area contributed by atoms with Crippen molar-refractivity contribution in [2.24, 2.45) is 5.73 Å². The fourth-order valence-electron chi connectivity index (χ4n) is 2.42. The molecule has 1 amide bonds. The van der Waals surface area contributed by atoms with Gasteiger partial charge in [0.1, 0.15) is 6.29 Å². The Kier molecular flexibility index (Phi) is 7.02. The lowest BCUT2D eigenvalue weighted by Gasteiger charge is -2.24. The molecule has 1 rings (SSSR count). The molecule has 0 unspecified atom stereocenters. The van der Waals surface area contributed by atoms with Gasteiger partial charge in [0.2, 0.25) is 5.91 Å². The molecule has 3 N–H and O–H groups in total. The predicted molar refractivity (Wildman–Crippen MR) is 75.8 cm³/mol. The van der Waals surface area contributed by atoms with Crippen molar-refractivity contribution in [3.63, 3.8) is 0 Å². The van der Waals surface area contributed by atoms with Crippen LogP contribution in [0.1, 0.15) is 46.0 Å². The molecule has 0 aliphatic carbocycles. The van der Waals surface area contributed by atoms with Gasteiger partial charge < -0.3 is 20.7 Å². The van der Waals surface area contributed by atoms with Gasteiger partial charge in [0.05, 0.1) is 12.1 Å². The van der Waals surface area contributed by atoms with Crippen molar-refractivity contribution in [2.45, 2.75) is 64.1 Å². The van der Waals surface area contributed by atoms with E-state index in [1.807, 2.05) is 0 Å². The Morgan fingerprint density at radius 2 is 2.21 bits per heavy atom. The molecular weight excluding hydrogens is 242 g/mol. The SMILES string of the molecule is CC(C)NCCCC[C@H](N)C(=O)N1CCC[C@H]1C=O. The predicted octanol–water partition coefficient (Wildman–Crippen LogP) is 0.672. The van der Waals surface area contributed by atoms with Gasteiger partial charge in [-0.05, 0) is 32.2 Å². The zero-order chi connectivity index (χ0) is 14.3. The normalized spacial score (nSPS) is 20.8. The number of nitrogens with one attached hydrogen (secondary N) is 1. The van der Waals surface area contributed by atoms with Crippen molar-refractivity contribution in [1.29, 1.82) is 0 Å². The second kappa shape index (κ2) is 8.27. The third-order valence-corrected chi connectivity index (χ3v) is 3.55. The second-order valence-electron chi connectivity index (χ2n) is 5.59. The fraction of sp³-hybridized carbons (Fsp3) is 0.857. The van der Waals surface area contributed by atoms with Crippen LogP contribution >= 0.6 is 0 Å². The zero-order valence-electron chi connectivity index (χ0n) is 12.1. The Morgan fingerprint density at radius 1 is 1.47 bits per heavy atom. The summed E-state index contributed by atoms with van der Waals surface area (Å²) >= 11 is 0. The molecule has 2 atom stereocenters. The average molecular weight is 269 g/mol. The molecule has 0 spiro atoms. The first-order valence-electron chi connectivity index (χ1n) is 7.31. The molecule has 0 radical (unpaired) electrons. The summed E-state index contributed by atoms with van der Waals surface area (Å²) in [5, 5.41) is 3.34. The summed E-state index contributed by atoms with van der Waals surface area (Å²) in [7, 11) is 0. The van der Waals surface area contributed by atoms with Gasteiger partial charge in [0.25, 0.3) is 0 Å². The van der Waals surface area contributed by atoms with Gasteiger partial charge in [-0.15, -0.1) is 0 Å². The molecule has 0 aromatic carbocycles. The van der Waals surface area contributed by atoms with Crippen molar-refractivity contribution < 1.29 is 9.59 Å². The summed E-state index contributed by atoms with van der Waals surface area (Å²) in [4.78, 5) is 24.6. The van der Waals surface area contributed by atoms with Crippen LogP contribution < -0.4 is 11.1 Å². The number of rotatable bonds is 8. The van der Waals surface area contributed by atoms with Crippen LogP contribution in [0.25, 0.3) is 0 Å². The van der Waals surface area contributed by atoms with Crippen LogP contribution in [0.2, 0.25) is 0 Å². The summed E-state index contributed by atoms with van der Waals surface area (Å²) < 4.78 is 0. The lowest BCUT2D eigenvalue weighted by molar-refractivity contribution is -0.135. The molecule has 5 nitrogen and oxygen atoms in total. The van der Waals surface area contributed by atoms with Crippen LogP contribution in [-0.2, 0) is 9.59 Å². The molecule has 0 aromatic rings. The third-order valence-electron chi connectivity index (χ3n) is 3.55. The highest BCUT2D eigenvalue weighted by Crippen LogP contribution is 2.17. The van der Waals surface area contributed by atoms with E-state index >= 15 is 0 Å². The Labute approximate surface area is 115 Å². The number of carbonyl (C=O) groups excluding carboxylic acids is 2. The number of nitrogens with zero attached hydrogens (tertiary/aromatic N) is 1. The van der Waals surface area contributed by atoms with E-state index in [4.69, 9.17) is 5.73 Å². The Hall–Kier alpha value is -0.940. The highest BCUT2D eigenvalue weighted by molar-refractivity contribution is 5.84. The number of aldehydes is 1. The van der Waals surface area contributed by atoms with E-state index in [-0.39, 0.29) is 11.9 Å². The van der Waals surface area contributed by atoms with E-state index in [9.17, 15) is 9.59 Å². The van der Waals surface area contributed by atoms with Gasteiger partial charge in [-0.2, -0.15) is 0 Å². The lowest BCUT2D eigenvalue weighted by Crippen LogP contribution is -2.46. The van der Waals surface area contributed by atoms with Crippen LogP contribution in [0.3, 0.4) is 0 Å². The van der Waals surface area contributed by atoms with Crippen molar-refractivity contribution in [3.05, 3.63) is 0 Å². The summed E-state index contributed by atoms with van der Waals surface area (Å²) in [5.41, 5.74) is 5.93. The van der Waals surface area contributed by atoms with Gasteiger partial charge >= 0.3 is 0 Å². The minimum atomic E-state index is -0.459. The summed E-state index contributed by atoms with van der Waals surface area (Å²) in [6.07, 6.45) is 5.20. The maximum Gasteiger partial charge on any atom is 0.240 e. The highest BCUT2D eigenvalue weighted by atomic mass is 16.2. The van der Waals surface area contributed by atoms with Crippen LogP contribution in [0.4, 0.5) is 0 Å². The molecule has 19 heavy (non-hydrogen) atoms. The van der Waals surface area contributed by atoms with E-state index < -0.39 is 6.04 Å². The second-order valence-corrected chi connectivity index (χ2v) is 5.59. The number of nitrogens with two attached hydrogens (primary N) is 1. The van der Waals surface area contributed by atoms with Gasteiger partial charge in [-0.25, -0.2) is 0 Å². The van der Waals surface area contributed by atoms with Crippen LogP contribution in [0.15, 0.2) is 0 Å². The maximum atomic E-state index is 12.1. The molecule has 5 heteroatoms. The fourth-order valence-corrected chi connectivity index (χ4v) is 2.42. The first-order chi connectivity index (χ1) is 9.06. The number of amides is 1. The van der Waals surface area contributed by atoms with Crippen LogP contribution in [0.5, 0.6) is 0 Å². The number of likely N-dealkylation sites (tertiary alicyclic amines) is 1. The average Bonchev–Trinajstić information content (AvgIpc) is 2.85. The third kappa shape index (κ3) is 5.28. The maximum absolute atomic E-state index is 12.1. The van der Waals surface area contributed by atoms with Crippen molar-refractivity contribution in [3.8, 4) is 0 Å². The van der Waals surface area contributed by atoms with Crippen molar-refractivity contribution >= 4 is 12.2 Å². The summed E-state index contributed by atoms with van der Waals surface area (Å²) in [6, 6.07) is -0.214. The Morgan fingerprint density at radius 3 is 2.84 bits per heavy atom. The van der Waals surface area contributed by atoms with Crippen LogP contribution in [-0.4, -0.2) is 48.3 Å². The van der Waals surface area contributed by atoms with E-state index in [2.05, 4.69) is 19.2 Å². The number of carbonyl (C=O) groups is 2. The molecule has 110 valence electrons. The Balaban J connectivity index is 2.23. The molecule has 1 aliphatic rings. The van der Waals surface area contributed by atoms with Gasteiger partial charge in [0.15, 0.2) is 0 Å². The minimum absolute atomic E-state index is 0.0635. The minimum Gasteiger partial charge on any atom is -0.332 e. The van der Waals surface area contributed by atoms with Gasteiger partial charge in [-0.3, -0.25) is 4.79 Å². The first kappa shape index (κ1) is 16.1. The zero-order valence-corrected chi connectivity index (χ0v) is 12.1. The van der Waals surface area contributed by atoms with Crippen molar-refractivity contribution in [1.82, 2.24) is 10.2 Å².